The van der Waals surface area contributed by atoms with Gasteiger partial charge in [-0.25, -0.2) is 13.8 Å². The molecular weight excluding hydrogens is 474 g/mol. The molecule has 2 aliphatic rings. The summed E-state index contributed by atoms with van der Waals surface area (Å²) in [6, 6.07) is 10.1. The lowest BCUT2D eigenvalue weighted by Gasteiger charge is -2.33. The van der Waals surface area contributed by atoms with E-state index in [2.05, 4.69) is 16.8 Å². The highest BCUT2D eigenvalue weighted by Crippen LogP contribution is 2.33. The molecule has 2 aliphatic heterocycles. The highest BCUT2D eigenvalue weighted by molar-refractivity contribution is 6.30. The molecule has 3 aromatic rings. The smallest absolute Gasteiger partial charge is 0.254 e. The molecule has 0 bridgehead atoms. The largest absolute Gasteiger partial charge is 0.438 e. The normalized spacial score (nSPS) is 16.2. The van der Waals surface area contributed by atoms with E-state index in [0.717, 1.165) is 43.8 Å². The Morgan fingerprint density at radius 1 is 1.03 bits per heavy atom. The van der Waals surface area contributed by atoms with Crippen LogP contribution >= 0.6 is 11.6 Å². The van der Waals surface area contributed by atoms with Crippen molar-refractivity contribution in [2.75, 3.05) is 24.5 Å². The second kappa shape index (κ2) is 9.77. The van der Waals surface area contributed by atoms with E-state index in [9.17, 15) is 13.6 Å². The molecule has 1 amide bonds. The topological polar surface area (TPSA) is 58.6 Å². The minimum absolute atomic E-state index is 0.129. The number of carbonyl (C=O) groups is 1. The van der Waals surface area contributed by atoms with Gasteiger partial charge in [-0.3, -0.25) is 4.79 Å². The Bertz CT molecular complexity index is 1250. The summed E-state index contributed by atoms with van der Waals surface area (Å²) in [7, 11) is 0. The zero-order valence-corrected chi connectivity index (χ0v) is 20.1. The van der Waals surface area contributed by atoms with Crippen molar-refractivity contribution in [3.8, 4) is 11.6 Å². The molecule has 0 radical (unpaired) electrons. The highest BCUT2D eigenvalue weighted by Gasteiger charge is 2.29. The molecule has 0 saturated carbocycles. The number of hydrogen-bond donors (Lipinski definition) is 0. The Balaban J connectivity index is 1.48. The minimum atomic E-state index is -1.00. The van der Waals surface area contributed by atoms with Gasteiger partial charge >= 0.3 is 0 Å². The maximum Gasteiger partial charge on any atom is 0.254 e. The van der Waals surface area contributed by atoms with Crippen LogP contribution in [0.1, 0.15) is 41.4 Å². The Hall–Kier alpha value is -3.26. The molecule has 35 heavy (non-hydrogen) atoms. The number of halogens is 3. The van der Waals surface area contributed by atoms with E-state index in [-0.39, 0.29) is 24.1 Å². The molecule has 0 unspecified atom stereocenters. The second-order valence-electron chi connectivity index (χ2n) is 9.09. The van der Waals surface area contributed by atoms with Gasteiger partial charge in [0.25, 0.3) is 5.91 Å². The van der Waals surface area contributed by atoms with E-state index in [0.29, 0.717) is 41.0 Å². The highest BCUT2D eigenvalue weighted by atomic mass is 35.5. The predicted molar refractivity (Wildman–Crippen MR) is 129 cm³/mol. The summed E-state index contributed by atoms with van der Waals surface area (Å²) < 4.78 is 33.3. The number of ether oxygens (including phenoxy) is 1. The lowest BCUT2D eigenvalue weighted by molar-refractivity contribution is 0.0732. The molecule has 6 nitrogen and oxygen atoms in total. The average Bonchev–Trinajstić information content (AvgIpc) is 2.86. The van der Waals surface area contributed by atoms with Crippen LogP contribution in [0.25, 0.3) is 0 Å². The van der Waals surface area contributed by atoms with Crippen molar-refractivity contribution >= 4 is 23.5 Å². The number of aromatic nitrogens is 2. The number of rotatable bonds is 4. The first kappa shape index (κ1) is 23.5. The van der Waals surface area contributed by atoms with Crippen LogP contribution in [-0.2, 0) is 13.0 Å². The summed E-state index contributed by atoms with van der Waals surface area (Å²) in [5.41, 5.74) is 1.99. The van der Waals surface area contributed by atoms with Crippen molar-refractivity contribution < 1.29 is 18.3 Å². The van der Waals surface area contributed by atoms with Gasteiger partial charge < -0.3 is 14.5 Å². The van der Waals surface area contributed by atoms with Gasteiger partial charge in [0.1, 0.15) is 5.75 Å². The van der Waals surface area contributed by atoms with E-state index in [1.54, 1.807) is 29.2 Å². The van der Waals surface area contributed by atoms with Crippen molar-refractivity contribution in [2.24, 2.45) is 5.92 Å². The number of fused-ring (bicyclic) bond motifs is 1. The van der Waals surface area contributed by atoms with Crippen LogP contribution in [0.4, 0.5) is 14.7 Å². The van der Waals surface area contributed by atoms with Gasteiger partial charge in [0.2, 0.25) is 11.8 Å². The molecule has 0 atom stereocenters. The van der Waals surface area contributed by atoms with Gasteiger partial charge in [-0.1, -0.05) is 18.5 Å². The number of anilines is 1. The predicted octanol–water partition coefficient (Wildman–Crippen LogP) is 5.64. The fourth-order valence-electron chi connectivity index (χ4n) is 4.41. The molecule has 0 spiro atoms. The van der Waals surface area contributed by atoms with E-state index < -0.39 is 11.6 Å². The van der Waals surface area contributed by atoms with Gasteiger partial charge in [0.05, 0.1) is 17.8 Å². The Morgan fingerprint density at radius 2 is 1.77 bits per heavy atom. The Morgan fingerprint density at radius 3 is 2.49 bits per heavy atom. The van der Waals surface area contributed by atoms with E-state index in [1.807, 2.05) is 0 Å². The number of hydrogen-bond acceptors (Lipinski definition) is 5. The van der Waals surface area contributed by atoms with Crippen molar-refractivity contribution in [2.45, 2.75) is 32.7 Å². The van der Waals surface area contributed by atoms with E-state index in [4.69, 9.17) is 21.3 Å². The first-order valence-electron chi connectivity index (χ1n) is 11.7. The zero-order chi connectivity index (χ0) is 24.5. The van der Waals surface area contributed by atoms with Crippen LogP contribution in [-0.4, -0.2) is 40.4 Å². The molecule has 5 rings (SSSR count). The number of piperidine rings is 1. The number of carbonyl (C=O) groups excluding carboxylic acids is 1. The van der Waals surface area contributed by atoms with Gasteiger partial charge in [-0.2, -0.15) is 4.98 Å². The molecule has 3 heterocycles. The molecule has 0 N–H and O–H groups in total. The maximum atomic E-state index is 13.9. The molecular formula is C26H25ClF2N4O2. The first-order chi connectivity index (χ1) is 16.9. The van der Waals surface area contributed by atoms with Crippen molar-refractivity contribution in [1.29, 1.82) is 0 Å². The Kier molecular flexibility index (Phi) is 6.56. The molecule has 1 aromatic heterocycles. The van der Waals surface area contributed by atoms with Gasteiger partial charge in [-0.15, -0.1) is 0 Å². The van der Waals surface area contributed by atoms with Gasteiger partial charge in [0, 0.05) is 42.7 Å². The number of benzene rings is 2. The maximum absolute atomic E-state index is 13.9. The number of nitrogens with zero attached hydrogens (tertiary/aromatic N) is 4. The summed E-state index contributed by atoms with van der Waals surface area (Å²) in [5.74, 6) is -0.507. The van der Waals surface area contributed by atoms with Crippen molar-refractivity contribution in [3.63, 3.8) is 0 Å². The van der Waals surface area contributed by atoms with Gasteiger partial charge in [-0.05, 0) is 55.2 Å². The summed E-state index contributed by atoms with van der Waals surface area (Å²) >= 11 is 5.96. The van der Waals surface area contributed by atoms with Crippen LogP contribution in [0.5, 0.6) is 11.6 Å². The third kappa shape index (κ3) is 5.07. The summed E-state index contributed by atoms with van der Waals surface area (Å²) in [5, 5.41) is 0.556. The lowest BCUT2D eigenvalue weighted by Crippen LogP contribution is -2.38. The molecule has 182 valence electrons. The fraction of sp³-hybridized carbons (Fsp3) is 0.346. The number of amides is 1. The van der Waals surface area contributed by atoms with Crippen molar-refractivity contribution in [1.82, 2.24) is 14.9 Å². The monoisotopic (exact) mass is 498 g/mol. The molecule has 1 saturated heterocycles. The third-order valence-electron chi connectivity index (χ3n) is 6.56. The van der Waals surface area contributed by atoms with Crippen LogP contribution in [0.15, 0.2) is 42.5 Å². The van der Waals surface area contributed by atoms with E-state index >= 15 is 0 Å². The minimum Gasteiger partial charge on any atom is -0.438 e. The summed E-state index contributed by atoms with van der Waals surface area (Å²) in [6.07, 6.45) is 2.62. The quantitative estimate of drug-likeness (QED) is 0.466. The third-order valence-corrected chi connectivity index (χ3v) is 6.81. The fourth-order valence-corrected chi connectivity index (χ4v) is 4.53. The molecule has 9 heteroatoms. The lowest BCUT2D eigenvalue weighted by atomic mass is 9.99. The zero-order valence-electron chi connectivity index (χ0n) is 19.3. The average molecular weight is 499 g/mol. The van der Waals surface area contributed by atoms with Crippen molar-refractivity contribution in [3.05, 3.63) is 75.9 Å². The molecule has 1 fully saturated rings. The molecule has 2 aromatic carbocycles. The van der Waals surface area contributed by atoms with E-state index in [1.165, 1.54) is 6.07 Å². The first-order valence-corrected chi connectivity index (χ1v) is 12.1. The van der Waals surface area contributed by atoms with Crippen LogP contribution in [0.3, 0.4) is 0 Å². The van der Waals surface area contributed by atoms with Crippen LogP contribution in [0.2, 0.25) is 5.02 Å². The SMILES string of the molecule is CC1CCN(c2nc3c(c(Oc4ccc(F)c(F)c4)n2)CN(C(=O)c2ccc(Cl)cc2)CC3)CC1. The van der Waals surface area contributed by atoms with Gasteiger partial charge in [0.15, 0.2) is 11.6 Å². The Labute approximate surface area is 207 Å². The van der Waals surface area contributed by atoms with Crippen LogP contribution < -0.4 is 9.64 Å². The van der Waals surface area contributed by atoms with Crippen LogP contribution in [0, 0.1) is 17.6 Å². The summed E-state index contributed by atoms with van der Waals surface area (Å²) in [4.78, 5) is 26.5. The molecule has 0 aliphatic carbocycles. The second-order valence-corrected chi connectivity index (χ2v) is 9.52. The summed E-state index contributed by atoms with van der Waals surface area (Å²) in [6.45, 7) is 4.64. The standard InChI is InChI=1S/C26H25ClF2N4O2/c1-16-8-11-32(12-9-16)26-30-23-10-13-33(25(34)17-2-4-18(27)5-3-17)15-20(23)24(31-26)35-19-6-7-21(28)22(29)14-19/h2-7,14,16H,8-13,15H2,1H3.